The fourth-order valence-electron chi connectivity index (χ4n) is 3.82. The molecular formula is C20H25N5O3S. The van der Waals surface area contributed by atoms with E-state index < -0.39 is 10.0 Å². The van der Waals surface area contributed by atoms with Gasteiger partial charge in [-0.1, -0.05) is 6.07 Å². The van der Waals surface area contributed by atoms with Gasteiger partial charge in [-0.2, -0.15) is 5.10 Å². The van der Waals surface area contributed by atoms with E-state index in [9.17, 15) is 13.2 Å². The van der Waals surface area contributed by atoms with Crippen molar-refractivity contribution in [3.8, 4) is 0 Å². The molecule has 1 amide bonds. The van der Waals surface area contributed by atoms with E-state index in [0.29, 0.717) is 24.6 Å². The molecule has 2 aromatic rings. The molecule has 1 saturated heterocycles. The lowest BCUT2D eigenvalue weighted by Gasteiger charge is -2.31. The molecule has 8 nitrogen and oxygen atoms in total. The van der Waals surface area contributed by atoms with Crippen LogP contribution >= 0.6 is 0 Å². The molecule has 1 aromatic heterocycles. The van der Waals surface area contributed by atoms with Crippen molar-refractivity contribution in [2.75, 3.05) is 13.1 Å². The summed E-state index contributed by atoms with van der Waals surface area (Å²) in [6.45, 7) is 1.25. The minimum atomic E-state index is -3.57. The molecule has 0 spiro atoms. The van der Waals surface area contributed by atoms with Crippen molar-refractivity contribution >= 4 is 15.9 Å². The number of sulfonamides is 1. The Morgan fingerprint density at radius 2 is 1.83 bits per heavy atom. The van der Waals surface area contributed by atoms with Crippen LogP contribution in [0.1, 0.15) is 72.4 Å². The zero-order chi connectivity index (χ0) is 20.0. The smallest absolute Gasteiger partial charge is 0.253 e. The molecule has 9 heteroatoms. The number of aromatic amines is 1. The van der Waals surface area contributed by atoms with Gasteiger partial charge in [0.05, 0.1) is 4.90 Å². The summed E-state index contributed by atoms with van der Waals surface area (Å²) < 4.78 is 27.5. The Balaban J connectivity index is 1.23. The lowest BCUT2D eigenvalue weighted by atomic mass is 9.95. The first kappa shape index (κ1) is 18.7. The van der Waals surface area contributed by atoms with E-state index >= 15 is 0 Å². The Morgan fingerprint density at radius 3 is 2.52 bits per heavy atom. The predicted molar refractivity (Wildman–Crippen MR) is 106 cm³/mol. The van der Waals surface area contributed by atoms with Gasteiger partial charge in [-0.15, -0.1) is 0 Å². The highest BCUT2D eigenvalue weighted by atomic mass is 32.2. The summed E-state index contributed by atoms with van der Waals surface area (Å²) in [7, 11) is -3.57. The Labute approximate surface area is 170 Å². The molecule has 1 aliphatic heterocycles. The summed E-state index contributed by atoms with van der Waals surface area (Å²) in [5.74, 6) is 2.55. The van der Waals surface area contributed by atoms with Crippen LogP contribution in [0.2, 0.25) is 0 Å². The molecule has 2 saturated carbocycles. The van der Waals surface area contributed by atoms with E-state index in [0.717, 1.165) is 37.3 Å². The molecule has 2 heterocycles. The number of aromatic nitrogens is 3. The van der Waals surface area contributed by atoms with E-state index in [1.807, 2.05) is 0 Å². The Kier molecular flexibility index (Phi) is 4.66. The Hall–Kier alpha value is -2.26. The van der Waals surface area contributed by atoms with Gasteiger partial charge in [-0.05, 0) is 56.7 Å². The van der Waals surface area contributed by atoms with Gasteiger partial charge in [0.1, 0.15) is 5.82 Å². The van der Waals surface area contributed by atoms with Gasteiger partial charge in [-0.25, -0.2) is 18.1 Å². The second-order valence-electron chi connectivity index (χ2n) is 8.34. The number of nitrogens with zero attached hydrogens (tertiary/aromatic N) is 3. The van der Waals surface area contributed by atoms with Crippen molar-refractivity contribution in [1.29, 1.82) is 0 Å². The maximum absolute atomic E-state index is 12.9. The number of carbonyl (C=O) groups excluding carboxylic acids is 1. The van der Waals surface area contributed by atoms with Crippen LogP contribution in [0.3, 0.4) is 0 Å². The molecule has 2 N–H and O–H groups in total. The van der Waals surface area contributed by atoms with Gasteiger partial charge in [0.2, 0.25) is 10.0 Å². The third-order valence-electron chi connectivity index (χ3n) is 5.92. The van der Waals surface area contributed by atoms with Crippen molar-refractivity contribution in [1.82, 2.24) is 24.8 Å². The van der Waals surface area contributed by atoms with Crippen LogP contribution in [0.25, 0.3) is 0 Å². The fourth-order valence-corrected chi connectivity index (χ4v) is 5.17. The molecule has 0 radical (unpaired) electrons. The van der Waals surface area contributed by atoms with Gasteiger partial charge in [0.25, 0.3) is 5.91 Å². The van der Waals surface area contributed by atoms with Gasteiger partial charge in [0, 0.05) is 36.5 Å². The fraction of sp³-hybridized carbons (Fsp3) is 0.550. The number of nitrogens with one attached hydrogen (secondary N) is 2. The summed E-state index contributed by atoms with van der Waals surface area (Å²) in [5.41, 5.74) is 0.415. The minimum Gasteiger partial charge on any atom is -0.339 e. The van der Waals surface area contributed by atoms with E-state index in [2.05, 4.69) is 19.9 Å². The average Bonchev–Trinajstić information content (AvgIpc) is 3.68. The van der Waals surface area contributed by atoms with E-state index in [1.165, 1.54) is 25.0 Å². The van der Waals surface area contributed by atoms with Gasteiger partial charge in [-0.3, -0.25) is 9.89 Å². The second-order valence-corrected chi connectivity index (χ2v) is 10.1. The van der Waals surface area contributed by atoms with Crippen LogP contribution in [0, 0.1) is 0 Å². The zero-order valence-electron chi connectivity index (χ0n) is 16.2. The van der Waals surface area contributed by atoms with Crippen LogP contribution in [0.4, 0.5) is 0 Å². The van der Waals surface area contributed by atoms with Crippen LogP contribution in [0.15, 0.2) is 29.2 Å². The number of piperidine rings is 1. The molecule has 3 aliphatic rings. The number of rotatable bonds is 6. The molecule has 29 heavy (non-hydrogen) atoms. The van der Waals surface area contributed by atoms with Crippen LogP contribution < -0.4 is 4.72 Å². The third kappa shape index (κ3) is 4.06. The maximum atomic E-state index is 12.9. The van der Waals surface area contributed by atoms with Gasteiger partial charge >= 0.3 is 0 Å². The van der Waals surface area contributed by atoms with Crippen molar-refractivity contribution in [3.63, 3.8) is 0 Å². The second kappa shape index (κ2) is 7.21. The normalized spacial score (nSPS) is 20.8. The number of hydrogen-bond donors (Lipinski definition) is 2. The standard InChI is InChI=1S/C20H25N5O3S/c26-20(15-2-1-3-17(12-15)29(27,28)24-16-6-7-16)25-10-8-14(9-11-25)19-21-18(22-23-19)13-4-5-13/h1-3,12-14,16,24H,4-11H2,(H,21,22,23). The number of carbonyl (C=O) groups is 1. The lowest BCUT2D eigenvalue weighted by Crippen LogP contribution is -2.38. The highest BCUT2D eigenvalue weighted by Gasteiger charge is 2.32. The first-order valence-corrected chi connectivity index (χ1v) is 11.8. The molecule has 3 fully saturated rings. The zero-order valence-corrected chi connectivity index (χ0v) is 17.0. The van der Waals surface area contributed by atoms with Gasteiger partial charge in [0.15, 0.2) is 5.82 Å². The maximum Gasteiger partial charge on any atom is 0.253 e. The first-order chi connectivity index (χ1) is 14.0. The first-order valence-electron chi connectivity index (χ1n) is 10.3. The summed E-state index contributed by atoms with van der Waals surface area (Å²) in [5, 5.41) is 7.41. The van der Waals surface area contributed by atoms with Crippen molar-refractivity contribution in [2.45, 2.75) is 61.3 Å². The third-order valence-corrected chi connectivity index (χ3v) is 7.44. The SMILES string of the molecule is O=C(c1cccc(S(=O)(=O)NC2CC2)c1)N1CCC(c2nc(C3CC3)n[nH]2)CC1. The Morgan fingerprint density at radius 1 is 1.07 bits per heavy atom. The van der Waals surface area contributed by atoms with E-state index in [1.54, 1.807) is 17.0 Å². The van der Waals surface area contributed by atoms with Crippen LogP contribution in [-0.4, -0.2) is 53.5 Å². The van der Waals surface area contributed by atoms with Crippen LogP contribution in [0.5, 0.6) is 0 Å². The number of hydrogen-bond acceptors (Lipinski definition) is 5. The molecule has 154 valence electrons. The van der Waals surface area contributed by atoms with Crippen molar-refractivity contribution < 1.29 is 13.2 Å². The molecule has 0 atom stereocenters. The molecule has 2 aliphatic carbocycles. The van der Waals surface area contributed by atoms with E-state index in [4.69, 9.17) is 0 Å². The predicted octanol–water partition coefficient (Wildman–Crippen LogP) is 2.14. The number of benzene rings is 1. The van der Waals surface area contributed by atoms with Crippen molar-refractivity contribution in [2.24, 2.45) is 0 Å². The largest absolute Gasteiger partial charge is 0.339 e. The quantitative estimate of drug-likeness (QED) is 0.751. The average molecular weight is 416 g/mol. The van der Waals surface area contributed by atoms with Gasteiger partial charge < -0.3 is 4.90 Å². The molecule has 1 aromatic carbocycles. The summed E-state index contributed by atoms with van der Waals surface area (Å²) >= 11 is 0. The minimum absolute atomic E-state index is 0.0370. The van der Waals surface area contributed by atoms with Crippen molar-refractivity contribution in [3.05, 3.63) is 41.5 Å². The monoisotopic (exact) mass is 415 g/mol. The molecular weight excluding hydrogens is 390 g/mol. The molecule has 5 rings (SSSR count). The number of likely N-dealkylation sites (tertiary alicyclic amines) is 1. The van der Waals surface area contributed by atoms with E-state index in [-0.39, 0.29) is 22.8 Å². The highest BCUT2D eigenvalue weighted by Crippen LogP contribution is 2.38. The highest BCUT2D eigenvalue weighted by molar-refractivity contribution is 7.89. The lowest BCUT2D eigenvalue weighted by molar-refractivity contribution is 0.0711. The summed E-state index contributed by atoms with van der Waals surface area (Å²) in [6.07, 6.45) is 5.75. The summed E-state index contributed by atoms with van der Waals surface area (Å²) in [6, 6.07) is 6.38. The Bertz CT molecular complexity index is 1020. The molecule has 0 unspecified atom stereocenters. The molecule has 0 bridgehead atoms. The summed E-state index contributed by atoms with van der Waals surface area (Å²) in [4.78, 5) is 19.5. The topological polar surface area (TPSA) is 108 Å². The van der Waals surface area contributed by atoms with Crippen LogP contribution in [-0.2, 0) is 10.0 Å². The number of H-pyrrole nitrogens is 1. The number of amides is 1.